The Hall–Kier alpha value is -2.93. The quantitative estimate of drug-likeness (QED) is 0.633. The number of piperazine rings is 1. The van der Waals surface area contributed by atoms with Crippen LogP contribution in [0.2, 0.25) is 0 Å². The summed E-state index contributed by atoms with van der Waals surface area (Å²) in [6, 6.07) is 11.9. The number of para-hydroxylation sites is 1. The number of fused-ring (bicyclic) bond motifs is 1. The Labute approximate surface area is 183 Å². The Balaban J connectivity index is 1.57. The van der Waals surface area contributed by atoms with Gasteiger partial charge in [-0.2, -0.15) is 0 Å². The van der Waals surface area contributed by atoms with Gasteiger partial charge < -0.3 is 19.1 Å². The average molecular weight is 423 g/mol. The number of nitrogens with one attached hydrogen (secondary N) is 1. The number of hydrogen-bond acceptors (Lipinski definition) is 5. The first kappa shape index (κ1) is 21.3. The Morgan fingerprint density at radius 3 is 2.61 bits per heavy atom. The van der Waals surface area contributed by atoms with Crippen molar-refractivity contribution in [3.8, 4) is 11.6 Å². The SMILES string of the molecule is CC[NH+]1CCN(C(=O)CCN(c2nc(-c3ccco3)nc3ccccc23)C(C)C)CC1. The van der Waals surface area contributed by atoms with Crippen LogP contribution in [-0.2, 0) is 4.79 Å². The zero-order valence-electron chi connectivity index (χ0n) is 18.7. The van der Waals surface area contributed by atoms with Gasteiger partial charge in [0.25, 0.3) is 0 Å². The number of benzene rings is 1. The fraction of sp³-hybridized carbons (Fsp3) is 0.458. The van der Waals surface area contributed by atoms with Crippen molar-refractivity contribution >= 4 is 22.6 Å². The summed E-state index contributed by atoms with van der Waals surface area (Å²) in [5, 5.41) is 0.985. The summed E-state index contributed by atoms with van der Waals surface area (Å²) in [6.07, 6.45) is 2.11. The largest absolute Gasteiger partial charge is 0.461 e. The molecule has 3 aromatic rings. The molecular formula is C24H32N5O2+. The maximum atomic E-state index is 12.9. The predicted molar refractivity (Wildman–Crippen MR) is 122 cm³/mol. The summed E-state index contributed by atoms with van der Waals surface area (Å²) in [5.74, 6) is 2.28. The molecule has 0 spiro atoms. The number of hydrogen-bond donors (Lipinski definition) is 1. The van der Waals surface area contributed by atoms with E-state index < -0.39 is 0 Å². The lowest BCUT2D eigenvalue weighted by molar-refractivity contribution is -0.902. The van der Waals surface area contributed by atoms with Gasteiger partial charge in [-0.05, 0) is 45.0 Å². The number of nitrogens with zero attached hydrogens (tertiary/aromatic N) is 4. The normalized spacial score (nSPS) is 15.0. The molecule has 0 saturated carbocycles. The first-order valence-corrected chi connectivity index (χ1v) is 11.3. The van der Waals surface area contributed by atoms with Crippen LogP contribution in [0.25, 0.3) is 22.5 Å². The average Bonchev–Trinajstić information content (AvgIpc) is 3.34. The Morgan fingerprint density at radius 1 is 1.16 bits per heavy atom. The van der Waals surface area contributed by atoms with E-state index in [2.05, 4.69) is 25.7 Å². The summed E-state index contributed by atoms with van der Waals surface area (Å²) in [6.45, 7) is 12.0. The number of furan rings is 1. The lowest BCUT2D eigenvalue weighted by Crippen LogP contribution is -3.14. The van der Waals surface area contributed by atoms with Crippen LogP contribution in [0.15, 0.2) is 47.1 Å². The number of aromatic nitrogens is 2. The number of anilines is 1. The van der Waals surface area contributed by atoms with Crippen LogP contribution in [0.4, 0.5) is 5.82 Å². The second-order valence-corrected chi connectivity index (χ2v) is 8.39. The van der Waals surface area contributed by atoms with Gasteiger partial charge in [0.1, 0.15) is 5.82 Å². The van der Waals surface area contributed by atoms with Crippen LogP contribution in [0.1, 0.15) is 27.2 Å². The second-order valence-electron chi connectivity index (χ2n) is 8.39. The number of amides is 1. The van der Waals surface area contributed by atoms with Crippen LogP contribution >= 0.6 is 0 Å². The van der Waals surface area contributed by atoms with Gasteiger partial charge in [0, 0.05) is 24.4 Å². The monoisotopic (exact) mass is 422 g/mol. The highest BCUT2D eigenvalue weighted by molar-refractivity contribution is 5.91. The molecule has 0 aliphatic carbocycles. The van der Waals surface area contributed by atoms with Gasteiger partial charge >= 0.3 is 0 Å². The Morgan fingerprint density at radius 2 is 1.94 bits per heavy atom. The second kappa shape index (κ2) is 9.47. The Bertz CT molecular complexity index is 1010. The predicted octanol–water partition coefficient (Wildman–Crippen LogP) is 2.24. The van der Waals surface area contributed by atoms with E-state index in [0.717, 1.165) is 49.4 Å². The van der Waals surface area contributed by atoms with Gasteiger partial charge in [0.05, 0.1) is 44.5 Å². The van der Waals surface area contributed by atoms with Crippen molar-refractivity contribution in [3.05, 3.63) is 42.7 Å². The number of carbonyl (C=O) groups excluding carboxylic acids is 1. The summed E-state index contributed by atoms with van der Waals surface area (Å²) < 4.78 is 5.55. The van der Waals surface area contributed by atoms with Crippen LogP contribution in [0, 0.1) is 0 Å². The Kier molecular flexibility index (Phi) is 6.51. The zero-order chi connectivity index (χ0) is 21.8. The van der Waals surface area contributed by atoms with Crippen molar-refractivity contribution in [1.82, 2.24) is 14.9 Å². The summed E-state index contributed by atoms with van der Waals surface area (Å²) in [7, 11) is 0. The fourth-order valence-corrected chi connectivity index (χ4v) is 4.20. The maximum Gasteiger partial charge on any atom is 0.224 e. The van der Waals surface area contributed by atoms with Crippen molar-refractivity contribution in [2.45, 2.75) is 33.2 Å². The molecule has 1 aromatic carbocycles. The van der Waals surface area contributed by atoms with E-state index in [4.69, 9.17) is 14.4 Å². The van der Waals surface area contributed by atoms with E-state index in [1.54, 1.807) is 11.2 Å². The molecule has 7 nitrogen and oxygen atoms in total. The highest BCUT2D eigenvalue weighted by Crippen LogP contribution is 2.29. The topological polar surface area (TPSA) is 66.9 Å². The van der Waals surface area contributed by atoms with Crippen LogP contribution < -0.4 is 9.80 Å². The van der Waals surface area contributed by atoms with Crippen molar-refractivity contribution in [1.29, 1.82) is 0 Å². The molecule has 7 heteroatoms. The molecular weight excluding hydrogens is 390 g/mol. The molecule has 1 saturated heterocycles. The van der Waals surface area contributed by atoms with E-state index in [-0.39, 0.29) is 11.9 Å². The number of quaternary nitrogens is 1. The molecule has 1 aliphatic rings. The number of likely N-dealkylation sites (N-methyl/N-ethyl adjacent to an activating group) is 1. The minimum absolute atomic E-state index is 0.192. The van der Waals surface area contributed by atoms with Crippen LogP contribution in [0.5, 0.6) is 0 Å². The van der Waals surface area contributed by atoms with E-state index in [9.17, 15) is 4.79 Å². The fourth-order valence-electron chi connectivity index (χ4n) is 4.20. The van der Waals surface area contributed by atoms with Gasteiger partial charge in [-0.3, -0.25) is 4.79 Å². The van der Waals surface area contributed by atoms with Gasteiger partial charge in [-0.1, -0.05) is 12.1 Å². The van der Waals surface area contributed by atoms with E-state index in [1.165, 1.54) is 0 Å². The summed E-state index contributed by atoms with van der Waals surface area (Å²) in [5.41, 5.74) is 0.870. The molecule has 0 unspecified atom stereocenters. The third-order valence-electron chi connectivity index (χ3n) is 6.11. The minimum atomic E-state index is 0.192. The standard InChI is InChI=1S/C24H31N5O2/c1-4-27-13-15-28(16-14-27)22(30)11-12-29(18(2)3)24-19-8-5-6-9-20(19)25-23(26-24)21-10-7-17-31-21/h5-10,17-18H,4,11-16H2,1-3H3/p+1. The lowest BCUT2D eigenvalue weighted by atomic mass is 10.1. The van der Waals surface area contributed by atoms with Crippen molar-refractivity contribution < 1.29 is 14.1 Å². The first-order chi connectivity index (χ1) is 15.1. The molecule has 1 N–H and O–H groups in total. The van der Waals surface area contributed by atoms with Gasteiger partial charge in [0.2, 0.25) is 5.91 Å². The van der Waals surface area contributed by atoms with Gasteiger partial charge in [-0.15, -0.1) is 0 Å². The summed E-state index contributed by atoms with van der Waals surface area (Å²) >= 11 is 0. The molecule has 1 fully saturated rings. The number of rotatable bonds is 7. The van der Waals surface area contributed by atoms with Gasteiger partial charge in [0.15, 0.2) is 11.6 Å². The first-order valence-electron chi connectivity index (χ1n) is 11.3. The summed E-state index contributed by atoms with van der Waals surface area (Å²) in [4.78, 5) is 28.3. The molecule has 164 valence electrons. The highest BCUT2D eigenvalue weighted by Gasteiger charge is 2.24. The molecule has 0 radical (unpaired) electrons. The molecule has 3 heterocycles. The lowest BCUT2D eigenvalue weighted by Gasteiger charge is -2.33. The minimum Gasteiger partial charge on any atom is -0.461 e. The van der Waals surface area contributed by atoms with Crippen molar-refractivity contribution in [3.63, 3.8) is 0 Å². The zero-order valence-corrected chi connectivity index (χ0v) is 18.7. The molecule has 0 atom stereocenters. The third-order valence-corrected chi connectivity index (χ3v) is 6.11. The third kappa shape index (κ3) is 4.71. The smallest absolute Gasteiger partial charge is 0.224 e. The molecule has 1 amide bonds. The highest BCUT2D eigenvalue weighted by atomic mass is 16.3. The van der Waals surface area contributed by atoms with Crippen LogP contribution in [0.3, 0.4) is 0 Å². The van der Waals surface area contributed by atoms with E-state index in [0.29, 0.717) is 24.6 Å². The molecule has 4 rings (SSSR count). The molecule has 2 aromatic heterocycles. The van der Waals surface area contributed by atoms with Crippen molar-refractivity contribution in [2.24, 2.45) is 0 Å². The molecule has 0 bridgehead atoms. The molecule has 1 aliphatic heterocycles. The van der Waals surface area contributed by atoms with Crippen molar-refractivity contribution in [2.75, 3.05) is 44.2 Å². The van der Waals surface area contributed by atoms with E-state index >= 15 is 0 Å². The van der Waals surface area contributed by atoms with Crippen LogP contribution in [-0.4, -0.2) is 66.1 Å². The maximum absolute atomic E-state index is 12.9. The van der Waals surface area contributed by atoms with Gasteiger partial charge in [-0.25, -0.2) is 9.97 Å². The number of carbonyl (C=O) groups is 1. The van der Waals surface area contributed by atoms with E-state index in [1.807, 2.05) is 41.3 Å². The molecule has 31 heavy (non-hydrogen) atoms.